The van der Waals surface area contributed by atoms with Crippen LogP contribution in [0.5, 0.6) is 5.75 Å². The fraction of sp³-hybridized carbons (Fsp3) is 0.167. The number of methoxy groups -OCH3 is 1. The van der Waals surface area contributed by atoms with Crippen LogP contribution in [0.25, 0.3) is 0 Å². The maximum atomic E-state index is 8.50. The number of hydrogen-bond acceptors (Lipinski definition) is 4. The summed E-state index contributed by atoms with van der Waals surface area (Å²) in [7, 11) is 1.64. The van der Waals surface area contributed by atoms with Crippen molar-refractivity contribution in [2.24, 2.45) is 5.16 Å². The lowest BCUT2D eigenvalue weighted by atomic mass is 10.2. The second-order valence-corrected chi connectivity index (χ2v) is 3.51. The van der Waals surface area contributed by atoms with Crippen LogP contribution in [0, 0.1) is 0 Å². The largest absolute Gasteiger partial charge is 0.497 e. The molecule has 0 radical (unpaired) electrons. The molecular formula is C12H13N3O2. The highest BCUT2D eigenvalue weighted by molar-refractivity contribution is 5.74. The second kappa shape index (κ2) is 5.16. The number of nitrogens with zero attached hydrogens (tertiary/aromatic N) is 3. The lowest BCUT2D eigenvalue weighted by molar-refractivity contribution is 0.321. The summed E-state index contributed by atoms with van der Waals surface area (Å²) >= 11 is 0. The monoisotopic (exact) mass is 231 g/mol. The number of hydrogen-bond donors (Lipinski definition) is 1. The van der Waals surface area contributed by atoms with Gasteiger partial charge in [0.1, 0.15) is 12.0 Å². The first-order valence-electron chi connectivity index (χ1n) is 5.15. The molecule has 0 bridgehead atoms. The third-order valence-corrected chi connectivity index (χ3v) is 2.43. The van der Waals surface area contributed by atoms with Gasteiger partial charge in [0.25, 0.3) is 0 Å². The van der Waals surface area contributed by atoms with Gasteiger partial charge in [-0.2, -0.15) is 0 Å². The number of oxime groups is 1. The van der Waals surface area contributed by atoms with Crippen molar-refractivity contribution in [1.82, 2.24) is 9.55 Å². The Balaban J connectivity index is 2.16. The summed E-state index contributed by atoms with van der Waals surface area (Å²) < 4.78 is 6.98. The molecule has 2 aromatic rings. The van der Waals surface area contributed by atoms with E-state index in [-0.39, 0.29) is 0 Å². The Hall–Kier alpha value is -2.30. The molecule has 1 N–H and O–H groups in total. The average Bonchev–Trinajstić information content (AvgIpc) is 2.78. The maximum absolute atomic E-state index is 8.50. The van der Waals surface area contributed by atoms with Gasteiger partial charge in [0.2, 0.25) is 0 Å². The predicted molar refractivity (Wildman–Crippen MR) is 63.7 cm³/mol. The number of aromatic nitrogens is 2. The van der Waals surface area contributed by atoms with Crippen LogP contribution >= 0.6 is 0 Å². The fourth-order valence-electron chi connectivity index (χ4n) is 1.56. The first-order chi connectivity index (χ1) is 8.33. The van der Waals surface area contributed by atoms with E-state index in [9.17, 15) is 0 Å². The minimum absolute atomic E-state index is 0.614. The lowest BCUT2D eigenvalue weighted by Crippen LogP contribution is -2.03. The van der Waals surface area contributed by atoms with Crippen LogP contribution in [0.2, 0.25) is 0 Å². The number of benzene rings is 1. The number of rotatable bonds is 4. The van der Waals surface area contributed by atoms with Crippen molar-refractivity contribution in [2.75, 3.05) is 7.11 Å². The zero-order chi connectivity index (χ0) is 12.1. The minimum Gasteiger partial charge on any atom is -0.497 e. The average molecular weight is 231 g/mol. The Bertz CT molecular complexity index is 503. The molecular weight excluding hydrogens is 218 g/mol. The van der Waals surface area contributed by atoms with Gasteiger partial charge in [0, 0.05) is 18.9 Å². The van der Waals surface area contributed by atoms with Crippen molar-refractivity contribution in [2.45, 2.75) is 6.54 Å². The normalized spacial score (nSPS) is 10.9. The third-order valence-electron chi connectivity index (χ3n) is 2.43. The van der Waals surface area contributed by atoms with Crippen molar-refractivity contribution >= 4 is 6.21 Å². The predicted octanol–water partition coefficient (Wildman–Crippen LogP) is 1.75. The Morgan fingerprint density at radius 2 is 2.18 bits per heavy atom. The number of ether oxygens (including phenoxy) is 1. The van der Waals surface area contributed by atoms with E-state index in [0.717, 1.165) is 11.3 Å². The summed E-state index contributed by atoms with van der Waals surface area (Å²) in [6.45, 7) is 0.672. The summed E-state index contributed by atoms with van der Waals surface area (Å²) in [4.78, 5) is 4.06. The van der Waals surface area contributed by atoms with Crippen LogP contribution in [0.15, 0.2) is 41.8 Å². The smallest absolute Gasteiger partial charge is 0.154 e. The standard InChI is InChI=1S/C12H13N3O2/c1-17-11-4-2-10(3-5-11)9-15-7-6-13-12(15)8-14-16/h2-8,16H,9H2,1H3. The molecule has 1 aromatic carbocycles. The SMILES string of the molecule is COc1ccc(Cn2ccnc2C=NO)cc1. The molecule has 0 amide bonds. The molecule has 0 saturated heterocycles. The van der Waals surface area contributed by atoms with Crippen molar-refractivity contribution in [3.63, 3.8) is 0 Å². The summed E-state index contributed by atoms with van der Waals surface area (Å²) in [6, 6.07) is 7.79. The molecule has 2 rings (SSSR count). The van der Waals surface area contributed by atoms with Gasteiger partial charge in [-0.15, -0.1) is 0 Å². The molecule has 0 atom stereocenters. The third kappa shape index (κ3) is 2.63. The van der Waals surface area contributed by atoms with Crippen molar-refractivity contribution in [3.05, 3.63) is 48.0 Å². The molecule has 0 saturated carbocycles. The molecule has 0 aliphatic rings. The fourth-order valence-corrected chi connectivity index (χ4v) is 1.56. The van der Waals surface area contributed by atoms with Gasteiger partial charge in [-0.05, 0) is 17.7 Å². The second-order valence-electron chi connectivity index (χ2n) is 3.51. The van der Waals surface area contributed by atoms with Crippen molar-refractivity contribution in [3.8, 4) is 5.75 Å². The van der Waals surface area contributed by atoms with Crippen LogP contribution in [-0.4, -0.2) is 28.1 Å². The molecule has 1 aromatic heterocycles. The molecule has 88 valence electrons. The quantitative estimate of drug-likeness (QED) is 0.495. The zero-order valence-corrected chi connectivity index (χ0v) is 9.45. The lowest BCUT2D eigenvalue weighted by Gasteiger charge is -2.06. The van der Waals surface area contributed by atoms with Gasteiger partial charge < -0.3 is 14.5 Å². The zero-order valence-electron chi connectivity index (χ0n) is 9.45. The highest BCUT2D eigenvalue weighted by Crippen LogP contribution is 2.12. The van der Waals surface area contributed by atoms with Gasteiger partial charge in [-0.1, -0.05) is 17.3 Å². The summed E-state index contributed by atoms with van der Waals surface area (Å²) in [6.07, 6.45) is 4.81. The van der Waals surface area contributed by atoms with E-state index in [0.29, 0.717) is 12.4 Å². The van der Waals surface area contributed by atoms with Gasteiger partial charge in [0.05, 0.1) is 7.11 Å². The molecule has 5 nitrogen and oxygen atoms in total. The molecule has 17 heavy (non-hydrogen) atoms. The van der Waals surface area contributed by atoms with E-state index in [1.54, 1.807) is 13.3 Å². The van der Waals surface area contributed by atoms with Gasteiger partial charge in [-0.25, -0.2) is 4.98 Å². The van der Waals surface area contributed by atoms with Gasteiger partial charge in [0.15, 0.2) is 5.82 Å². The van der Waals surface area contributed by atoms with Gasteiger partial charge >= 0.3 is 0 Å². The van der Waals surface area contributed by atoms with Crippen LogP contribution in [0.1, 0.15) is 11.4 Å². The Morgan fingerprint density at radius 3 is 2.82 bits per heavy atom. The van der Waals surface area contributed by atoms with Crippen molar-refractivity contribution in [1.29, 1.82) is 0 Å². The molecule has 5 heteroatoms. The van der Waals surface area contributed by atoms with Crippen LogP contribution in [0.4, 0.5) is 0 Å². The number of imidazole rings is 1. The Morgan fingerprint density at radius 1 is 1.41 bits per heavy atom. The van der Waals surface area contributed by atoms with E-state index >= 15 is 0 Å². The minimum atomic E-state index is 0.614. The molecule has 0 aliphatic carbocycles. The summed E-state index contributed by atoms with van der Waals surface area (Å²) in [5.41, 5.74) is 1.12. The highest BCUT2D eigenvalue weighted by atomic mass is 16.5. The Labute approximate surface area is 99.0 Å². The van der Waals surface area contributed by atoms with Crippen LogP contribution in [0.3, 0.4) is 0 Å². The molecule has 0 spiro atoms. The first kappa shape index (κ1) is 11.2. The van der Waals surface area contributed by atoms with E-state index in [1.807, 2.05) is 35.0 Å². The van der Waals surface area contributed by atoms with Crippen LogP contribution < -0.4 is 4.74 Å². The Kier molecular flexibility index (Phi) is 3.40. The highest BCUT2D eigenvalue weighted by Gasteiger charge is 2.01. The van der Waals surface area contributed by atoms with E-state index in [4.69, 9.17) is 9.94 Å². The van der Waals surface area contributed by atoms with Gasteiger partial charge in [-0.3, -0.25) is 0 Å². The van der Waals surface area contributed by atoms with E-state index in [1.165, 1.54) is 6.21 Å². The summed E-state index contributed by atoms with van der Waals surface area (Å²) in [5, 5.41) is 11.5. The molecule has 0 aliphatic heterocycles. The molecule has 1 heterocycles. The first-order valence-corrected chi connectivity index (χ1v) is 5.15. The maximum Gasteiger partial charge on any atom is 0.154 e. The summed E-state index contributed by atoms with van der Waals surface area (Å²) in [5.74, 6) is 1.44. The molecule has 0 fully saturated rings. The topological polar surface area (TPSA) is 59.6 Å². The van der Waals surface area contributed by atoms with E-state index < -0.39 is 0 Å². The van der Waals surface area contributed by atoms with E-state index in [2.05, 4.69) is 10.1 Å². The molecule has 0 unspecified atom stereocenters. The van der Waals surface area contributed by atoms with Crippen LogP contribution in [-0.2, 0) is 6.54 Å². The van der Waals surface area contributed by atoms with Crippen molar-refractivity contribution < 1.29 is 9.94 Å².